The summed E-state index contributed by atoms with van der Waals surface area (Å²) in [6.07, 6.45) is 5.85. The second kappa shape index (κ2) is 17.0. The SMILES string of the molecule is CC(C)[C@H](NC(=O)[C@H](CCCN=C(N)N[N+](=O)[O-])NC(=O)OC(C)(C)C)C(=O)N[C@@H](CC1CCCCC1)[C@@H]1C[C@@H](C)C(=O)O1. The van der Waals surface area contributed by atoms with Gasteiger partial charge in [0.05, 0.1) is 12.0 Å². The molecule has 15 heteroatoms. The highest BCUT2D eigenvalue weighted by molar-refractivity contribution is 5.91. The van der Waals surface area contributed by atoms with Crippen LogP contribution in [0.25, 0.3) is 0 Å². The van der Waals surface area contributed by atoms with E-state index >= 15 is 0 Å². The lowest BCUT2D eigenvalue weighted by Gasteiger charge is -2.32. The lowest BCUT2D eigenvalue weighted by Crippen LogP contribution is -2.58. The number of nitrogens with zero attached hydrogens (tertiary/aromatic N) is 2. The van der Waals surface area contributed by atoms with Crippen LogP contribution in [0.2, 0.25) is 0 Å². The number of alkyl carbamates (subject to hydrolysis) is 1. The van der Waals surface area contributed by atoms with Crippen molar-refractivity contribution in [3.63, 3.8) is 0 Å². The van der Waals surface area contributed by atoms with Gasteiger partial charge in [-0.1, -0.05) is 58.3 Å². The number of nitro groups is 1. The third kappa shape index (κ3) is 12.9. The number of carbonyl (C=O) groups is 4. The Morgan fingerprint density at radius 1 is 1.11 bits per heavy atom. The lowest BCUT2D eigenvalue weighted by atomic mass is 9.83. The smallest absolute Gasteiger partial charge is 0.408 e. The van der Waals surface area contributed by atoms with E-state index in [1.54, 1.807) is 40.0 Å². The van der Waals surface area contributed by atoms with Crippen molar-refractivity contribution in [3.8, 4) is 0 Å². The molecule has 1 aliphatic heterocycles. The number of cyclic esters (lactones) is 1. The summed E-state index contributed by atoms with van der Waals surface area (Å²) in [5.74, 6) is -1.81. The van der Waals surface area contributed by atoms with Crippen LogP contribution in [0.4, 0.5) is 4.79 Å². The number of hydrogen-bond donors (Lipinski definition) is 5. The van der Waals surface area contributed by atoms with E-state index in [1.807, 2.05) is 6.92 Å². The quantitative estimate of drug-likeness (QED) is 0.0474. The highest BCUT2D eigenvalue weighted by atomic mass is 16.7. The number of hydrazine groups is 1. The molecule has 0 bridgehead atoms. The van der Waals surface area contributed by atoms with E-state index < -0.39 is 52.7 Å². The molecule has 2 fully saturated rings. The molecule has 5 atom stereocenters. The summed E-state index contributed by atoms with van der Waals surface area (Å²) in [5, 5.41) is 18.1. The van der Waals surface area contributed by atoms with Gasteiger partial charge in [-0.05, 0) is 58.3 Å². The Balaban J connectivity index is 2.15. The molecule has 1 saturated carbocycles. The van der Waals surface area contributed by atoms with Crippen molar-refractivity contribution in [3.05, 3.63) is 10.1 Å². The average molecular weight is 626 g/mol. The number of ether oxygens (including phenoxy) is 2. The summed E-state index contributed by atoms with van der Waals surface area (Å²) < 4.78 is 11.0. The van der Waals surface area contributed by atoms with Gasteiger partial charge in [0.2, 0.25) is 11.8 Å². The number of guanidine groups is 1. The van der Waals surface area contributed by atoms with Crippen LogP contribution in [-0.2, 0) is 23.9 Å². The summed E-state index contributed by atoms with van der Waals surface area (Å²) in [7, 11) is 0. The Labute approximate surface area is 259 Å². The summed E-state index contributed by atoms with van der Waals surface area (Å²) in [6, 6.07) is -2.41. The van der Waals surface area contributed by atoms with Crippen molar-refractivity contribution in [1.29, 1.82) is 0 Å². The van der Waals surface area contributed by atoms with Crippen molar-refractivity contribution in [2.45, 2.75) is 129 Å². The normalized spacial score (nSPS) is 21.5. The maximum atomic E-state index is 13.7. The van der Waals surface area contributed by atoms with Gasteiger partial charge in [0.1, 0.15) is 23.8 Å². The van der Waals surface area contributed by atoms with E-state index in [4.69, 9.17) is 15.2 Å². The molecule has 15 nitrogen and oxygen atoms in total. The van der Waals surface area contributed by atoms with Gasteiger partial charge in [-0.25, -0.2) is 19.9 Å². The third-order valence-corrected chi connectivity index (χ3v) is 7.74. The van der Waals surface area contributed by atoms with E-state index in [9.17, 15) is 29.3 Å². The minimum absolute atomic E-state index is 0.0436. The summed E-state index contributed by atoms with van der Waals surface area (Å²) in [6.45, 7) is 10.5. The third-order valence-electron chi connectivity index (χ3n) is 7.74. The molecule has 0 aromatic carbocycles. The number of esters is 1. The van der Waals surface area contributed by atoms with Crippen LogP contribution < -0.4 is 27.1 Å². The van der Waals surface area contributed by atoms with Crippen LogP contribution in [0.15, 0.2) is 4.99 Å². The van der Waals surface area contributed by atoms with Crippen molar-refractivity contribution in [1.82, 2.24) is 21.4 Å². The van der Waals surface area contributed by atoms with Gasteiger partial charge >= 0.3 is 12.1 Å². The van der Waals surface area contributed by atoms with Crippen LogP contribution in [0.5, 0.6) is 0 Å². The van der Waals surface area contributed by atoms with Crippen molar-refractivity contribution in [2.75, 3.05) is 6.54 Å². The zero-order valence-corrected chi connectivity index (χ0v) is 26.9. The first-order valence-corrected chi connectivity index (χ1v) is 15.6. The summed E-state index contributed by atoms with van der Waals surface area (Å²) >= 11 is 0. The highest BCUT2D eigenvalue weighted by Crippen LogP contribution is 2.32. The van der Waals surface area contributed by atoms with Gasteiger partial charge in [-0.2, -0.15) is 0 Å². The van der Waals surface area contributed by atoms with Gasteiger partial charge in [-0.15, -0.1) is 0 Å². The number of carbonyl (C=O) groups excluding carboxylic acids is 4. The van der Waals surface area contributed by atoms with Crippen LogP contribution in [0, 0.1) is 27.9 Å². The molecule has 6 N–H and O–H groups in total. The fraction of sp³-hybridized carbons (Fsp3) is 0.828. The minimum atomic E-state index is -1.09. The fourth-order valence-corrected chi connectivity index (χ4v) is 5.49. The van der Waals surface area contributed by atoms with E-state index in [0.29, 0.717) is 18.8 Å². The van der Waals surface area contributed by atoms with E-state index in [2.05, 4.69) is 20.9 Å². The second-order valence-electron chi connectivity index (χ2n) is 13.2. The molecule has 2 rings (SSSR count). The second-order valence-corrected chi connectivity index (χ2v) is 13.2. The van der Waals surface area contributed by atoms with Crippen LogP contribution in [0.1, 0.15) is 99.3 Å². The molecule has 1 heterocycles. The minimum Gasteiger partial charge on any atom is -0.460 e. The Kier molecular flexibility index (Phi) is 14.1. The fourth-order valence-electron chi connectivity index (χ4n) is 5.49. The number of aliphatic imine (C=N–C) groups is 1. The van der Waals surface area contributed by atoms with Crippen molar-refractivity contribution in [2.24, 2.45) is 28.5 Å². The molecule has 44 heavy (non-hydrogen) atoms. The number of hydrogen-bond acceptors (Lipinski definition) is 9. The molecule has 2 aliphatic rings. The largest absolute Gasteiger partial charge is 0.460 e. The van der Waals surface area contributed by atoms with Crippen LogP contribution in [0.3, 0.4) is 0 Å². The Hall–Kier alpha value is -3.65. The Bertz CT molecular complexity index is 1040. The zero-order valence-electron chi connectivity index (χ0n) is 26.9. The zero-order chi connectivity index (χ0) is 33.0. The van der Waals surface area contributed by atoms with Gasteiger partial charge < -0.3 is 31.2 Å². The van der Waals surface area contributed by atoms with E-state index in [0.717, 1.165) is 25.7 Å². The Morgan fingerprint density at radius 2 is 1.77 bits per heavy atom. The molecule has 0 radical (unpaired) electrons. The number of nitrogens with one attached hydrogen (secondary N) is 4. The molecule has 0 unspecified atom stereocenters. The average Bonchev–Trinajstić information content (AvgIpc) is 3.25. The molecular formula is C29H51N7O8. The van der Waals surface area contributed by atoms with Crippen molar-refractivity contribution < 1.29 is 33.7 Å². The first kappa shape index (κ1) is 36.5. The van der Waals surface area contributed by atoms with E-state index in [-0.39, 0.29) is 43.2 Å². The molecule has 1 saturated heterocycles. The number of amides is 3. The molecule has 0 aromatic heterocycles. The molecule has 250 valence electrons. The predicted molar refractivity (Wildman–Crippen MR) is 163 cm³/mol. The molecule has 0 spiro atoms. The maximum absolute atomic E-state index is 13.7. The molecular weight excluding hydrogens is 574 g/mol. The van der Waals surface area contributed by atoms with Gasteiger partial charge in [0.15, 0.2) is 5.03 Å². The summed E-state index contributed by atoms with van der Waals surface area (Å²) in [5.41, 5.74) is 6.37. The van der Waals surface area contributed by atoms with Gasteiger partial charge in [-0.3, -0.25) is 14.4 Å². The van der Waals surface area contributed by atoms with Gasteiger partial charge in [0, 0.05) is 6.54 Å². The molecule has 0 aromatic rings. The highest BCUT2D eigenvalue weighted by Gasteiger charge is 2.39. The topological polar surface area (TPSA) is 216 Å². The number of nitrogens with two attached hydrogens (primary N) is 1. The monoisotopic (exact) mass is 625 g/mol. The van der Waals surface area contributed by atoms with Gasteiger partial charge in [0.25, 0.3) is 5.96 Å². The first-order valence-electron chi connectivity index (χ1n) is 15.6. The molecule has 3 amide bonds. The van der Waals surface area contributed by atoms with Crippen LogP contribution in [-0.4, -0.2) is 71.2 Å². The number of rotatable bonds is 14. The summed E-state index contributed by atoms with van der Waals surface area (Å²) in [4.78, 5) is 66.3. The van der Waals surface area contributed by atoms with Crippen molar-refractivity contribution >= 4 is 29.8 Å². The molecule has 1 aliphatic carbocycles. The first-order chi connectivity index (χ1) is 20.6. The standard InChI is InChI=1S/C29H51N7O8/c1-17(2)23(25(38)32-21(16-19-11-8-7-9-12-19)22-15-18(3)26(39)43-22)34-24(37)20(33-28(40)44-29(4,5)6)13-10-14-31-27(30)35-36(41)42/h17-23H,7-16H2,1-6H3,(H,32,38)(H,33,40)(H,34,37)(H3,30,31,35)/t18-,20+,21+,22+,23+/m1/s1. The Morgan fingerprint density at radius 3 is 2.32 bits per heavy atom. The predicted octanol–water partition coefficient (Wildman–Crippen LogP) is 2.30. The van der Waals surface area contributed by atoms with E-state index in [1.165, 1.54) is 6.42 Å². The lowest BCUT2D eigenvalue weighted by molar-refractivity contribution is -0.525. The van der Waals surface area contributed by atoms with Crippen LogP contribution >= 0.6 is 0 Å². The maximum Gasteiger partial charge on any atom is 0.408 e.